The van der Waals surface area contributed by atoms with Crippen LogP contribution in [0.1, 0.15) is 5.56 Å². The van der Waals surface area contributed by atoms with Crippen LogP contribution in [-0.4, -0.2) is 0 Å². The summed E-state index contributed by atoms with van der Waals surface area (Å²) in [5, 5.41) is 2.77. The van der Waals surface area contributed by atoms with Crippen molar-refractivity contribution in [2.45, 2.75) is 6.92 Å². The Morgan fingerprint density at radius 3 is 2.29 bits per heavy atom. The molecule has 2 aromatic carbocycles. The molecular formula is C13H12F2N2. The first kappa shape index (κ1) is 11.4. The Bertz CT molecular complexity index is 536. The zero-order valence-electron chi connectivity index (χ0n) is 9.30. The van der Waals surface area contributed by atoms with Gasteiger partial charge in [-0.05, 0) is 31.2 Å². The van der Waals surface area contributed by atoms with E-state index in [4.69, 9.17) is 5.73 Å². The van der Waals surface area contributed by atoms with Gasteiger partial charge in [0, 0.05) is 5.69 Å². The van der Waals surface area contributed by atoms with Gasteiger partial charge in [-0.3, -0.25) is 0 Å². The average molecular weight is 234 g/mol. The van der Waals surface area contributed by atoms with Crippen LogP contribution in [0, 0.1) is 18.6 Å². The number of halogens is 2. The number of hydrogen-bond donors (Lipinski definition) is 2. The summed E-state index contributed by atoms with van der Waals surface area (Å²) in [4.78, 5) is 0. The van der Waals surface area contributed by atoms with Crippen molar-refractivity contribution >= 4 is 17.1 Å². The Morgan fingerprint density at radius 2 is 1.65 bits per heavy atom. The van der Waals surface area contributed by atoms with Crippen LogP contribution in [0.4, 0.5) is 25.8 Å². The van der Waals surface area contributed by atoms with Gasteiger partial charge in [-0.25, -0.2) is 8.78 Å². The van der Waals surface area contributed by atoms with Crippen LogP contribution in [0.5, 0.6) is 0 Å². The van der Waals surface area contributed by atoms with Crippen LogP contribution < -0.4 is 11.1 Å². The van der Waals surface area contributed by atoms with Gasteiger partial charge in [-0.15, -0.1) is 0 Å². The van der Waals surface area contributed by atoms with Crippen molar-refractivity contribution in [3.8, 4) is 0 Å². The fourth-order valence-electron chi connectivity index (χ4n) is 1.47. The third-order valence-corrected chi connectivity index (χ3v) is 2.45. The highest BCUT2D eigenvalue weighted by Crippen LogP contribution is 2.28. The maximum atomic E-state index is 13.5. The lowest BCUT2D eigenvalue weighted by Crippen LogP contribution is -2.01. The van der Waals surface area contributed by atoms with Crippen molar-refractivity contribution in [3.63, 3.8) is 0 Å². The van der Waals surface area contributed by atoms with Crippen molar-refractivity contribution in [2.75, 3.05) is 11.1 Å². The molecule has 0 amide bonds. The Hall–Kier alpha value is -2.10. The van der Waals surface area contributed by atoms with Gasteiger partial charge in [-0.1, -0.05) is 17.7 Å². The van der Waals surface area contributed by atoms with Crippen LogP contribution in [-0.2, 0) is 0 Å². The Labute approximate surface area is 98.1 Å². The fraction of sp³-hybridized carbons (Fsp3) is 0.0769. The molecule has 0 bridgehead atoms. The van der Waals surface area contributed by atoms with Crippen molar-refractivity contribution in [1.29, 1.82) is 0 Å². The first-order chi connectivity index (χ1) is 8.08. The van der Waals surface area contributed by atoms with E-state index in [1.165, 1.54) is 6.07 Å². The second-order valence-electron chi connectivity index (χ2n) is 3.82. The average Bonchev–Trinajstić information content (AvgIpc) is 2.32. The van der Waals surface area contributed by atoms with Gasteiger partial charge in [-0.2, -0.15) is 0 Å². The second-order valence-corrected chi connectivity index (χ2v) is 3.82. The molecule has 17 heavy (non-hydrogen) atoms. The summed E-state index contributed by atoms with van der Waals surface area (Å²) in [6.45, 7) is 1.95. The molecule has 2 rings (SSSR count). The molecule has 0 heterocycles. The molecule has 88 valence electrons. The number of nitrogen functional groups attached to an aromatic ring is 1. The minimum atomic E-state index is -0.967. The number of rotatable bonds is 2. The molecule has 0 aliphatic rings. The van der Waals surface area contributed by atoms with Gasteiger partial charge < -0.3 is 11.1 Å². The monoisotopic (exact) mass is 234 g/mol. The summed E-state index contributed by atoms with van der Waals surface area (Å²) in [6, 6.07) is 9.63. The highest BCUT2D eigenvalue weighted by molar-refractivity contribution is 5.73. The molecule has 2 aromatic rings. The second kappa shape index (κ2) is 4.41. The number of benzene rings is 2. The highest BCUT2D eigenvalue weighted by Gasteiger charge is 2.11. The SMILES string of the molecule is Cc1ccc(Nc2c(N)ccc(F)c2F)cc1. The molecule has 0 saturated carbocycles. The van der Waals surface area contributed by atoms with E-state index < -0.39 is 11.6 Å². The van der Waals surface area contributed by atoms with Crippen LogP contribution in [0.3, 0.4) is 0 Å². The van der Waals surface area contributed by atoms with E-state index in [0.717, 1.165) is 11.6 Å². The fourth-order valence-corrected chi connectivity index (χ4v) is 1.47. The minimum Gasteiger partial charge on any atom is -0.397 e. The number of anilines is 3. The molecule has 0 aliphatic heterocycles. The summed E-state index contributed by atoms with van der Waals surface area (Å²) in [7, 11) is 0. The molecular weight excluding hydrogens is 222 g/mol. The number of nitrogens with one attached hydrogen (secondary N) is 1. The predicted molar refractivity (Wildman–Crippen MR) is 65.2 cm³/mol. The van der Waals surface area contributed by atoms with Gasteiger partial charge in [0.25, 0.3) is 0 Å². The number of hydrogen-bond acceptors (Lipinski definition) is 2. The number of nitrogens with two attached hydrogens (primary N) is 1. The highest BCUT2D eigenvalue weighted by atomic mass is 19.2. The first-order valence-electron chi connectivity index (χ1n) is 5.15. The van der Waals surface area contributed by atoms with Gasteiger partial charge in [0.05, 0.1) is 5.69 Å². The first-order valence-corrected chi connectivity index (χ1v) is 5.15. The maximum Gasteiger partial charge on any atom is 0.184 e. The van der Waals surface area contributed by atoms with E-state index in [9.17, 15) is 8.78 Å². The molecule has 0 radical (unpaired) electrons. The molecule has 0 saturated heterocycles. The topological polar surface area (TPSA) is 38.0 Å². The summed E-state index contributed by atoms with van der Waals surface area (Å²) in [6.07, 6.45) is 0. The Balaban J connectivity index is 2.36. The van der Waals surface area contributed by atoms with Crippen molar-refractivity contribution in [2.24, 2.45) is 0 Å². The predicted octanol–water partition coefficient (Wildman–Crippen LogP) is 3.60. The van der Waals surface area contributed by atoms with E-state index in [-0.39, 0.29) is 11.4 Å². The van der Waals surface area contributed by atoms with E-state index in [0.29, 0.717) is 5.69 Å². The largest absolute Gasteiger partial charge is 0.397 e. The molecule has 2 nitrogen and oxygen atoms in total. The summed E-state index contributed by atoms with van der Waals surface area (Å²) in [5.74, 6) is -1.89. The van der Waals surface area contributed by atoms with Crippen LogP contribution in [0.15, 0.2) is 36.4 Å². The van der Waals surface area contributed by atoms with Crippen molar-refractivity contribution in [3.05, 3.63) is 53.6 Å². The molecule has 3 N–H and O–H groups in total. The van der Waals surface area contributed by atoms with Crippen molar-refractivity contribution < 1.29 is 8.78 Å². The zero-order chi connectivity index (χ0) is 12.4. The lowest BCUT2D eigenvalue weighted by molar-refractivity contribution is 0.512. The molecule has 0 unspecified atom stereocenters. The minimum absolute atomic E-state index is 0.0335. The van der Waals surface area contributed by atoms with Gasteiger partial charge in [0.2, 0.25) is 0 Å². The zero-order valence-corrected chi connectivity index (χ0v) is 9.30. The Morgan fingerprint density at radius 1 is 1.00 bits per heavy atom. The molecule has 0 fully saturated rings. The smallest absolute Gasteiger partial charge is 0.184 e. The van der Waals surface area contributed by atoms with E-state index in [1.807, 2.05) is 19.1 Å². The van der Waals surface area contributed by atoms with Crippen molar-refractivity contribution in [1.82, 2.24) is 0 Å². The van der Waals surface area contributed by atoms with Crippen LogP contribution in [0.25, 0.3) is 0 Å². The summed E-state index contributed by atoms with van der Waals surface area (Å²) >= 11 is 0. The molecule has 4 heteroatoms. The van der Waals surface area contributed by atoms with Gasteiger partial charge in [0.15, 0.2) is 11.6 Å². The lowest BCUT2D eigenvalue weighted by atomic mass is 10.2. The summed E-state index contributed by atoms with van der Waals surface area (Å²) < 4.78 is 26.6. The van der Waals surface area contributed by atoms with Crippen LogP contribution >= 0.6 is 0 Å². The van der Waals surface area contributed by atoms with Gasteiger partial charge in [0.1, 0.15) is 5.69 Å². The molecule has 0 aromatic heterocycles. The third-order valence-electron chi connectivity index (χ3n) is 2.45. The molecule has 0 aliphatic carbocycles. The normalized spacial score (nSPS) is 10.3. The quantitative estimate of drug-likeness (QED) is 0.779. The lowest BCUT2D eigenvalue weighted by Gasteiger charge is -2.11. The summed E-state index contributed by atoms with van der Waals surface area (Å²) in [5.41, 5.74) is 7.48. The standard InChI is InChI=1S/C13H12F2N2/c1-8-2-4-9(5-3-8)17-13-11(16)7-6-10(14)12(13)15/h2-7,17H,16H2,1H3. The number of aryl methyl sites for hydroxylation is 1. The maximum absolute atomic E-state index is 13.5. The van der Waals surface area contributed by atoms with E-state index in [2.05, 4.69) is 5.32 Å². The van der Waals surface area contributed by atoms with E-state index >= 15 is 0 Å². The van der Waals surface area contributed by atoms with Gasteiger partial charge >= 0.3 is 0 Å². The molecule has 0 spiro atoms. The molecule has 0 atom stereocenters. The third kappa shape index (κ3) is 2.36. The van der Waals surface area contributed by atoms with E-state index in [1.54, 1.807) is 12.1 Å². The Kier molecular flexibility index (Phi) is 2.95. The van der Waals surface area contributed by atoms with Crippen LogP contribution in [0.2, 0.25) is 0 Å².